The van der Waals surface area contributed by atoms with E-state index in [0.29, 0.717) is 0 Å². The van der Waals surface area contributed by atoms with Gasteiger partial charge in [0.05, 0.1) is 18.1 Å². The summed E-state index contributed by atoms with van der Waals surface area (Å²) in [6.45, 7) is 3.50. The molecule has 0 spiro atoms. The number of nitriles is 1. The summed E-state index contributed by atoms with van der Waals surface area (Å²) >= 11 is 0. The third-order valence-corrected chi connectivity index (χ3v) is 2.80. The SMILES string of the molecule is CN(C)CC(C#N)CN1CCC(O)CC1. The van der Waals surface area contributed by atoms with Crippen molar-refractivity contribution in [2.24, 2.45) is 5.92 Å². The first kappa shape index (κ1) is 12.4. The molecular weight excluding hydrogens is 190 g/mol. The van der Waals surface area contributed by atoms with Gasteiger partial charge in [0.25, 0.3) is 0 Å². The maximum absolute atomic E-state index is 9.36. The van der Waals surface area contributed by atoms with E-state index < -0.39 is 0 Å². The number of hydrogen-bond donors (Lipinski definition) is 1. The molecule has 0 aromatic heterocycles. The summed E-state index contributed by atoms with van der Waals surface area (Å²) in [4.78, 5) is 4.33. The van der Waals surface area contributed by atoms with Crippen LogP contribution in [0.5, 0.6) is 0 Å². The highest BCUT2D eigenvalue weighted by Crippen LogP contribution is 2.11. The fraction of sp³-hybridized carbons (Fsp3) is 0.909. The van der Waals surface area contributed by atoms with Gasteiger partial charge >= 0.3 is 0 Å². The summed E-state index contributed by atoms with van der Waals surface area (Å²) in [6.07, 6.45) is 1.57. The Balaban J connectivity index is 2.30. The molecule has 0 aromatic rings. The largest absolute Gasteiger partial charge is 0.393 e. The lowest BCUT2D eigenvalue weighted by atomic mass is 10.1. The summed E-state index contributed by atoms with van der Waals surface area (Å²) in [5.41, 5.74) is 0. The van der Waals surface area contributed by atoms with Crippen molar-refractivity contribution >= 4 is 0 Å². The molecule has 0 amide bonds. The van der Waals surface area contributed by atoms with E-state index in [9.17, 15) is 5.11 Å². The van der Waals surface area contributed by atoms with Crippen molar-refractivity contribution in [2.75, 3.05) is 40.3 Å². The van der Waals surface area contributed by atoms with E-state index in [1.54, 1.807) is 0 Å². The van der Waals surface area contributed by atoms with Gasteiger partial charge in [0.1, 0.15) is 0 Å². The molecule has 15 heavy (non-hydrogen) atoms. The maximum atomic E-state index is 9.36. The molecule has 1 rings (SSSR count). The Morgan fingerprint density at radius 1 is 1.47 bits per heavy atom. The van der Waals surface area contributed by atoms with Gasteiger partial charge in [0.15, 0.2) is 0 Å². The molecular formula is C11H21N3O. The van der Waals surface area contributed by atoms with Crippen LogP contribution in [0.15, 0.2) is 0 Å². The van der Waals surface area contributed by atoms with E-state index in [4.69, 9.17) is 5.26 Å². The zero-order valence-corrected chi connectivity index (χ0v) is 9.69. The number of likely N-dealkylation sites (tertiary alicyclic amines) is 1. The quantitative estimate of drug-likeness (QED) is 0.719. The van der Waals surface area contributed by atoms with Crippen molar-refractivity contribution in [3.63, 3.8) is 0 Å². The minimum Gasteiger partial charge on any atom is -0.393 e. The standard InChI is InChI=1S/C11H21N3O/c1-13(2)8-10(7-12)9-14-5-3-11(15)4-6-14/h10-11,15H,3-6,8-9H2,1-2H3. The number of piperidine rings is 1. The monoisotopic (exact) mass is 211 g/mol. The van der Waals surface area contributed by atoms with Crippen molar-refractivity contribution in [3.05, 3.63) is 0 Å². The second kappa shape index (κ2) is 6.06. The van der Waals surface area contributed by atoms with Crippen molar-refractivity contribution in [3.8, 4) is 6.07 Å². The van der Waals surface area contributed by atoms with Crippen LogP contribution in [0.2, 0.25) is 0 Å². The topological polar surface area (TPSA) is 50.5 Å². The van der Waals surface area contributed by atoms with Crippen molar-refractivity contribution in [1.82, 2.24) is 9.80 Å². The number of hydrogen-bond acceptors (Lipinski definition) is 4. The van der Waals surface area contributed by atoms with Crippen LogP contribution in [-0.2, 0) is 0 Å². The van der Waals surface area contributed by atoms with Gasteiger partial charge in [-0.25, -0.2) is 0 Å². The van der Waals surface area contributed by atoms with E-state index in [1.807, 2.05) is 19.0 Å². The normalized spacial score (nSPS) is 21.5. The summed E-state index contributed by atoms with van der Waals surface area (Å²) < 4.78 is 0. The molecule has 0 aliphatic carbocycles. The van der Waals surface area contributed by atoms with Crippen LogP contribution in [-0.4, -0.2) is 61.3 Å². The first-order chi connectivity index (χ1) is 7.11. The van der Waals surface area contributed by atoms with Crippen LogP contribution in [0.3, 0.4) is 0 Å². The average molecular weight is 211 g/mol. The Bertz CT molecular complexity index is 216. The van der Waals surface area contributed by atoms with Crippen LogP contribution in [0, 0.1) is 17.2 Å². The molecule has 1 heterocycles. The smallest absolute Gasteiger partial charge is 0.0717 e. The Hall–Kier alpha value is -0.630. The molecule has 4 nitrogen and oxygen atoms in total. The van der Waals surface area contributed by atoms with E-state index in [2.05, 4.69) is 11.0 Å². The van der Waals surface area contributed by atoms with Crippen molar-refractivity contribution in [2.45, 2.75) is 18.9 Å². The molecule has 1 aliphatic heterocycles. The highest BCUT2D eigenvalue weighted by Gasteiger charge is 2.20. The van der Waals surface area contributed by atoms with E-state index in [1.165, 1.54) is 0 Å². The Morgan fingerprint density at radius 3 is 2.53 bits per heavy atom. The molecule has 0 aromatic carbocycles. The molecule has 86 valence electrons. The number of nitrogens with zero attached hydrogens (tertiary/aromatic N) is 3. The van der Waals surface area contributed by atoms with Gasteiger partial charge < -0.3 is 14.9 Å². The lowest BCUT2D eigenvalue weighted by Crippen LogP contribution is -2.40. The molecule has 4 heteroatoms. The fourth-order valence-corrected chi connectivity index (χ4v) is 1.99. The average Bonchev–Trinajstić information content (AvgIpc) is 2.19. The second-order valence-electron chi connectivity index (χ2n) is 4.62. The zero-order chi connectivity index (χ0) is 11.3. The molecule has 1 atom stereocenters. The summed E-state index contributed by atoms with van der Waals surface area (Å²) in [5.74, 6) is 0.0789. The molecule has 1 aliphatic rings. The lowest BCUT2D eigenvalue weighted by Gasteiger charge is -2.31. The first-order valence-electron chi connectivity index (χ1n) is 5.56. The minimum atomic E-state index is -0.129. The highest BCUT2D eigenvalue weighted by atomic mass is 16.3. The van der Waals surface area contributed by atoms with Gasteiger partial charge in [-0.05, 0) is 26.9 Å². The predicted molar refractivity (Wildman–Crippen MR) is 59.3 cm³/mol. The van der Waals surface area contributed by atoms with Gasteiger partial charge in [-0.1, -0.05) is 0 Å². The van der Waals surface area contributed by atoms with Gasteiger partial charge in [-0.2, -0.15) is 5.26 Å². The van der Waals surface area contributed by atoms with Gasteiger partial charge in [-0.15, -0.1) is 0 Å². The van der Waals surface area contributed by atoms with Crippen molar-refractivity contribution in [1.29, 1.82) is 5.26 Å². The number of rotatable bonds is 4. The lowest BCUT2D eigenvalue weighted by molar-refractivity contribution is 0.0765. The number of aliphatic hydroxyl groups is 1. The van der Waals surface area contributed by atoms with E-state index >= 15 is 0 Å². The molecule has 1 N–H and O–H groups in total. The molecule has 1 unspecified atom stereocenters. The Morgan fingerprint density at radius 2 is 2.07 bits per heavy atom. The van der Waals surface area contributed by atoms with Crippen molar-refractivity contribution < 1.29 is 5.11 Å². The van der Waals surface area contributed by atoms with Crippen LogP contribution in [0.1, 0.15) is 12.8 Å². The van der Waals surface area contributed by atoms with Crippen LogP contribution in [0.4, 0.5) is 0 Å². The summed E-state index contributed by atoms with van der Waals surface area (Å²) in [7, 11) is 3.98. The minimum absolute atomic E-state index is 0.0789. The Kier molecular flexibility index (Phi) is 5.03. The summed E-state index contributed by atoms with van der Waals surface area (Å²) in [6, 6.07) is 2.35. The predicted octanol–water partition coefficient (Wildman–Crippen LogP) is 0.144. The summed E-state index contributed by atoms with van der Waals surface area (Å²) in [5, 5.41) is 18.4. The van der Waals surface area contributed by atoms with Gasteiger partial charge in [0.2, 0.25) is 0 Å². The second-order valence-corrected chi connectivity index (χ2v) is 4.62. The fourth-order valence-electron chi connectivity index (χ4n) is 1.99. The molecule has 0 bridgehead atoms. The Labute approximate surface area is 92.1 Å². The zero-order valence-electron chi connectivity index (χ0n) is 9.69. The van der Waals surface area contributed by atoms with E-state index in [-0.39, 0.29) is 12.0 Å². The maximum Gasteiger partial charge on any atom is 0.0717 e. The number of aliphatic hydroxyl groups excluding tert-OH is 1. The molecule has 0 radical (unpaired) electrons. The third kappa shape index (κ3) is 4.61. The van der Waals surface area contributed by atoms with Crippen LogP contribution in [0.25, 0.3) is 0 Å². The third-order valence-electron chi connectivity index (χ3n) is 2.80. The molecule has 0 saturated carbocycles. The molecule has 1 saturated heterocycles. The van der Waals surface area contributed by atoms with Gasteiger partial charge in [-0.3, -0.25) is 0 Å². The molecule has 1 fully saturated rings. The highest BCUT2D eigenvalue weighted by molar-refractivity contribution is 4.88. The van der Waals surface area contributed by atoms with E-state index in [0.717, 1.165) is 39.0 Å². The van der Waals surface area contributed by atoms with Gasteiger partial charge in [0, 0.05) is 26.2 Å². The van der Waals surface area contributed by atoms with Crippen LogP contribution < -0.4 is 0 Å². The van der Waals surface area contributed by atoms with Crippen LogP contribution >= 0.6 is 0 Å². The first-order valence-corrected chi connectivity index (χ1v) is 5.56.